The van der Waals surface area contributed by atoms with Crippen LogP contribution in [0, 0.1) is 6.92 Å². The summed E-state index contributed by atoms with van der Waals surface area (Å²) in [6.07, 6.45) is 1.48. The average Bonchev–Trinajstić information content (AvgIpc) is 2.82. The number of pyridine rings is 1. The predicted octanol–water partition coefficient (Wildman–Crippen LogP) is 4.73. The van der Waals surface area contributed by atoms with E-state index in [-0.39, 0.29) is 11.1 Å². The van der Waals surface area contributed by atoms with Crippen LogP contribution in [-0.4, -0.2) is 14.5 Å². The molecule has 0 fully saturated rings. The van der Waals surface area contributed by atoms with Crippen molar-refractivity contribution < 1.29 is 8.78 Å². The quantitative estimate of drug-likeness (QED) is 0.645. The molecule has 0 amide bonds. The summed E-state index contributed by atoms with van der Waals surface area (Å²) in [5.41, 5.74) is 1.59. The van der Waals surface area contributed by atoms with Gasteiger partial charge in [-0.25, -0.2) is 9.97 Å². The molecule has 3 nitrogen and oxygen atoms in total. The summed E-state index contributed by atoms with van der Waals surface area (Å²) in [5, 5.41) is -2.84. The van der Waals surface area contributed by atoms with E-state index >= 15 is 0 Å². The van der Waals surface area contributed by atoms with Crippen molar-refractivity contribution >= 4 is 34.4 Å². The molecular weight excluding hydrogens is 331 g/mol. The fourth-order valence-corrected chi connectivity index (χ4v) is 2.55. The number of hydrogen-bond acceptors (Lipinski definition) is 2. The number of alkyl halides is 3. The number of imidazole rings is 1. The van der Waals surface area contributed by atoms with Crippen molar-refractivity contribution in [2.75, 3.05) is 0 Å². The van der Waals surface area contributed by atoms with Gasteiger partial charge in [-0.2, -0.15) is 8.78 Å². The maximum absolute atomic E-state index is 13.5. The second kappa shape index (κ2) is 5.48. The van der Waals surface area contributed by atoms with Gasteiger partial charge in [0.1, 0.15) is 5.52 Å². The molecule has 0 saturated heterocycles. The Morgan fingerprint density at radius 1 is 1.23 bits per heavy atom. The molecule has 0 unspecified atom stereocenters. The number of hydrogen-bond donors (Lipinski definition) is 0. The van der Waals surface area contributed by atoms with Gasteiger partial charge in [0.15, 0.2) is 5.65 Å². The van der Waals surface area contributed by atoms with Crippen molar-refractivity contribution in [3.8, 4) is 0 Å². The van der Waals surface area contributed by atoms with E-state index in [1.807, 2.05) is 12.1 Å². The molecule has 0 aliphatic rings. The van der Waals surface area contributed by atoms with Crippen LogP contribution < -0.4 is 0 Å². The van der Waals surface area contributed by atoms with E-state index < -0.39 is 5.38 Å². The zero-order valence-electron chi connectivity index (χ0n) is 11.5. The van der Waals surface area contributed by atoms with Crippen LogP contribution in [0.5, 0.6) is 0 Å². The number of aromatic nitrogens is 3. The van der Waals surface area contributed by atoms with Gasteiger partial charge in [-0.1, -0.05) is 23.7 Å². The molecular formula is C15H11Cl2F2N3. The van der Waals surface area contributed by atoms with Crippen LogP contribution in [0.1, 0.15) is 16.8 Å². The Hall–Kier alpha value is -1.72. The van der Waals surface area contributed by atoms with Gasteiger partial charge < -0.3 is 4.57 Å². The normalized spacial score (nSPS) is 12.0. The van der Waals surface area contributed by atoms with Crippen LogP contribution >= 0.6 is 23.2 Å². The highest BCUT2D eigenvalue weighted by molar-refractivity contribution is 6.30. The molecule has 0 radical (unpaired) electrons. The van der Waals surface area contributed by atoms with Crippen molar-refractivity contribution in [1.82, 2.24) is 14.5 Å². The van der Waals surface area contributed by atoms with Gasteiger partial charge >= 0.3 is 5.38 Å². The fraction of sp³-hybridized carbons (Fsp3) is 0.200. The molecule has 0 spiro atoms. The third-order valence-corrected chi connectivity index (χ3v) is 3.73. The summed E-state index contributed by atoms with van der Waals surface area (Å²) >= 11 is 11.0. The number of nitrogens with zero attached hydrogens (tertiary/aromatic N) is 3. The van der Waals surface area contributed by atoms with E-state index in [1.165, 1.54) is 12.4 Å². The van der Waals surface area contributed by atoms with Gasteiger partial charge in [0.05, 0.1) is 18.4 Å². The smallest absolute Gasteiger partial charge is 0.311 e. The molecule has 22 heavy (non-hydrogen) atoms. The monoisotopic (exact) mass is 341 g/mol. The molecule has 1 aromatic carbocycles. The Kier molecular flexibility index (Phi) is 3.78. The lowest BCUT2D eigenvalue weighted by Crippen LogP contribution is -2.07. The van der Waals surface area contributed by atoms with E-state index in [0.717, 1.165) is 5.56 Å². The standard InChI is InChI=1S/C15H11Cl2F2N3/c1-9-6-12(15(17,18)19)13-14(21-9)22(8-20-13)7-10-2-4-11(16)5-3-10/h2-6,8H,7H2,1H3. The first-order valence-electron chi connectivity index (χ1n) is 6.49. The SMILES string of the molecule is Cc1cc(C(F)(F)Cl)c2ncn(Cc3ccc(Cl)cc3)c2n1. The van der Waals surface area contributed by atoms with Gasteiger partial charge in [0.25, 0.3) is 0 Å². The first-order chi connectivity index (χ1) is 10.3. The lowest BCUT2D eigenvalue weighted by Gasteiger charge is -2.10. The molecule has 2 heterocycles. The summed E-state index contributed by atoms with van der Waals surface area (Å²) < 4.78 is 28.7. The lowest BCUT2D eigenvalue weighted by molar-refractivity contribution is 0.0965. The Morgan fingerprint density at radius 2 is 1.91 bits per heavy atom. The van der Waals surface area contributed by atoms with E-state index in [0.29, 0.717) is 22.9 Å². The lowest BCUT2D eigenvalue weighted by atomic mass is 10.2. The first kappa shape index (κ1) is 15.2. The van der Waals surface area contributed by atoms with E-state index in [2.05, 4.69) is 9.97 Å². The summed E-state index contributed by atoms with van der Waals surface area (Å²) in [6, 6.07) is 8.52. The third-order valence-electron chi connectivity index (χ3n) is 3.27. The topological polar surface area (TPSA) is 30.7 Å². The van der Waals surface area contributed by atoms with Crippen LogP contribution in [0.15, 0.2) is 36.7 Å². The van der Waals surface area contributed by atoms with Gasteiger partial charge in [0, 0.05) is 10.7 Å². The Balaban J connectivity index is 2.08. The van der Waals surface area contributed by atoms with Crippen molar-refractivity contribution in [3.05, 3.63) is 58.5 Å². The molecule has 0 bridgehead atoms. The highest BCUT2D eigenvalue weighted by Gasteiger charge is 2.32. The molecule has 3 rings (SSSR count). The Bertz CT molecular complexity index is 823. The van der Waals surface area contributed by atoms with Crippen LogP contribution in [0.25, 0.3) is 11.2 Å². The number of rotatable bonds is 3. The van der Waals surface area contributed by atoms with Gasteiger partial charge in [0.2, 0.25) is 0 Å². The minimum atomic E-state index is -3.48. The zero-order chi connectivity index (χ0) is 15.9. The van der Waals surface area contributed by atoms with Crippen LogP contribution in [0.4, 0.5) is 8.78 Å². The van der Waals surface area contributed by atoms with E-state index in [9.17, 15) is 8.78 Å². The third kappa shape index (κ3) is 2.91. The Labute approximate surface area is 135 Å². The number of benzene rings is 1. The van der Waals surface area contributed by atoms with Crippen LogP contribution in [-0.2, 0) is 11.9 Å². The van der Waals surface area contributed by atoms with Crippen molar-refractivity contribution in [1.29, 1.82) is 0 Å². The van der Waals surface area contributed by atoms with Crippen molar-refractivity contribution in [3.63, 3.8) is 0 Å². The molecule has 0 aliphatic carbocycles. The zero-order valence-corrected chi connectivity index (χ0v) is 13.0. The minimum absolute atomic E-state index is 0.111. The highest BCUT2D eigenvalue weighted by Crippen LogP contribution is 2.36. The highest BCUT2D eigenvalue weighted by atomic mass is 35.5. The van der Waals surface area contributed by atoms with E-state index in [4.69, 9.17) is 23.2 Å². The van der Waals surface area contributed by atoms with Gasteiger partial charge in [-0.05, 0) is 42.3 Å². The van der Waals surface area contributed by atoms with Gasteiger partial charge in [-0.15, -0.1) is 0 Å². The van der Waals surface area contributed by atoms with Crippen LogP contribution in [0.2, 0.25) is 5.02 Å². The first-order valence-corrected chi connectivity index (χ1v) is 7.24. The van der Waals surface area contributed by atoms with Crippen molar-refractivity contribution in [2.45, 2.75) is 18.9 Å². The number of aryl methyl sites for hydroxylation is 1. The predicted molar refractivity (Wildman–Crippen MR) is 82.6 cm³/mol. The molecule has 7 heteroatoms. The minimum Gasteiger partial charge on any atom is -0.311 e. The molecule has 0 aliphatic heterocycles. The fourth-order valence-electron chi connectivity index (χ4n) is 2.28. The Morgan fingerprint density at radius 3 is 2.55 bits per heavy atom. The molecule has 114 valence electrons. The average molecular weight is 342 g/mol. The molecule has 0 saturated carbocycles. The molecule has 3 aromatic rings. The number of fused-ring (bicyclic) bond motifs is 1. The van der Waals surface area contributed by atoms with Crippen molar-refractivity contribution in [2.24, 2.45) is 0 Å². The summed E-state index contributed by atoms with van der Waals surface area (Å²) in [7, 11) is 0. The summed E-state index contributed by atoms with van der Waals surface area (Å²) in [6.45, 7) is 2.10. The second-order valence-electron chi connectivity index (χ2n) is 4.98. The van der Waals surface area contributed by atoms with E-state index in [1.54, 1.807) is 23.6 Å². The van der Waals surface area contributed by atoms with Crippen LogP contribution in [0.3, 0.4) is 0 Å². The number of halogens is 4. The maximum atomic E-state index is 13.5. The molecule has 0 atom stereocenters. The maximum Gasteiger partial charge on any atom is 0.350 e. The molecule has 2 aromatic heterocycles. The second-order valence-corrected chi connectivity index (χ2v) is 5.89. The van der Waals surface area contributed by atoms with Gasteiger partial charge in [-0.3, -0.25) is 0 Å². The summed E-state index contributed by atoms with van der Waals surface area (Å²) in [4.78, 5) is 8.36. The molecule has 0 N–H and O–H groups in total. The largest absolute Gasteiger partial charge is 0.350 e. The summed E-state index contributed by atoms with van der Waals surface area (Å²) in [5.74, 6) is 0.